The summed E-state index contributed by atoms with van der Waals surface area (Å²) in [4.78, 5) is 12.7. The normalized spacial score (nSPS) is 11.4. The van der Waals surface area contributed by atoms with E-state index in [1.807, 2.05) is 43.3 Å². The Bertz CT molecular complexity index is 1140. The van der Waals surface area contributed by atoms with Crippen molar-refractivity contribution < 1.29 is 13.2 Å². The number of rotatable bonds is 6. The van der Waals surface area contributed by atoms with Crippen LogP contribution in [-0.2, 0) is 10.0 Å². The van der Waals surface area contributed by atoms with Gasteiger partial charge >= 0.3 is 0 Å². The van der Waals surface area contributed by atoms with Crippen molar-refractivity contribution in [3.63, 3.8) is 0 Å². The summed E-state index contributed by atoms with van der Waals surface area (Å²) >= 11 is 0. The fourth-order valence-corrected chi connectivity index (χ4v) is 4.25. The number of nitrogens with zero attached hydrogens (tertiary/aromatic N) is 1. The van der Waals surface area contributed by atoms with Crippen molar-refractivity contribution in [1.82, 2.24) is 0 Å². The molecule has 3 aromatic carbocycles. The molecule has 1 N–H and O–H groups in total. The van der Waals surface area contributed by atoms with Gasteiger partial charge in [-0.25, -0.2) is 8.42 Å². The molecule has 0 bridgehead atoms. The van der Waals surface area contributed by atoms with Crippen LogP contribution in [0.3, 0.4) is 0 Å². The third-order valence-corrected chi connectivity index (χ3v) is 6.77. The molecular formula is C24H26N2O3S. The lowest BCUT2D eigenvalue weighted by Gasteiger charge is -2.20. The Kier molecular flexibility index (Phi) is 6.27. The van der Waals surface area contributed by atoms with E-state index in [1.54, 1.807) is 24.3 Å². The summed E-state index contributed by atoms with van der Waals surface area (Å²) in [6, 6.07) is 20.9. The first-order valence-corrected chi connectivity index (χ1v) is 11.2. The van der Waals surface area contributed by atoms with Gasteiger partial charge in [-0.05, 0) is 60.9 Å². The average Bonchev–Trinajstić information content (AvgIpc) is 2.74. The van der Waals surface area contributed by atoms with Gasteiger partial charge in [0.1, 0.15) is 0 Å². The van der Waals surface area contributed by atoms with Crippen molar-refractivity contribution in [3.8, 4) is 0 Å². The van der Waals surface area contributed by atoms with Crippen molar-refractivity contribution in [3.05, 3.63) is 89.5 Å². The minimum absolute atomic E-state index is 0.0633. The molecule has 0 aliphatic rings. The first-order chi connectivity index (χ1) is 14.2. The van der Waals surface area contributed by atoms with E-state index in [4.69, 9.17) is 0 Å². The Balaban J connectivity index is 1.82. The molecule has 6 heteroatoms. The van der Waals surface area contributed by atoms with Crippen LogP contribution < -0.4 is 9.62 Å². The molecule has 0 aliphatic carbocycles. The van der Waals surface area contributed by atoms with E-state index in [0.717, 1.165) is 5.56 Å². The zero-order valence-electron chi connectivity index (χ0n) is 17.6. The maximum absolute atomic E-state index is 13.0. The Hall–Kier alpha value is -3.12. The van der Waals surface area contributed by atoms with Crippen LogP contribution in [0.2, 0.25) is 0 Å². The van der Waals surface area contributed by atoms with Gasteiger partial charge in [-0.15, -0.1) is 0 Å². The lowest BCUT2D eigenvalue weighted by atomic mass is 10.0. The molecule has 0 fully saturated rings. The number of aryl methyl sites for hydroxylation is 1. The maximum atomic E-state index is 13.0. The summed E-state index contributed by atoms with van der Waals surface area (Å²) in [5.41, 5.74) is 3.72. The number of hydrogen-bond acceptors (Lipinski definition) is 3. The zero-order chi connectivity index (χ0) is 21.9. The summed E-state index contributed by atoms with van der Waals surface area (Å²) in [5.74, 6) is 0.0458. The van der Waals surface area contributed by atoms with Crippen molar-refractivity contribution in [2.24, 2.45) is 0 Å². The standard InChI is InChI=1S/C24H26N2O3S/c1-17(2)19-10-12-21(13-11-19)25-24(27)20-6-5-7-23(16-20)30(28,29)26(4)22-14-8-18(3)9-15-22/h5-17H,1-4H3,(H,25,27). The molecule has 0 aromatic heterocycles. The van der Waals surface area contributed by atoms with E-state index in [-0.39, 0.29) is 16.4 Å². The highest BCUT2D eigenvalue weighted by atomic mass is 32.2. The van der Waals surface area contributed by atoms with E-state index in [0.29, 0.717) is 17.3 Å². The van der Waals surface area contributed by atoms with Crippen molar-refractivity contribution in [1.29, 1.82) is 0 Å². The summed E-state index contributed by atoms with van der Waals surface area (Å²) in [7, 11) is -2.29. The van der Waals surface area contributed by atoms with Crippen LogP contribution in [0.5, 0.6) is 0 Å². The smallest absolute Gasteiger partial charge is 0.264 e. The van der Waals surface area contributed by atoms with Gasteiger partial charge in [0.2, 0.25) is 0 Å². The number of benzene rings is 3. The number of nitrogens with one attached hydrogen (secondary N) is 1. The van der Waals surface area contributed by atoms with Crippen LogP contribution in [0.4, 0.5) is 11.4 Å². The summed E-state index contributed by atoms with van der Waals surface area (Å²) < 4.78 is 27.3. The predicted octanol–water partition coefficient (Wildman–Crippen LogP) is 5.20. The first kappa shape index (κ1) is 21.6. The fraction of sp³-hybridized carbons (Fsp3) is 0.208. The molecule has 0 heterocycles. The molecule has 156 valence electrons. The molecule has 3 rings (SSSR count). The van der Waals surface area contributed by atoms with Crippen molar-refractivity contribution >= 4 is 27.3 Å². The first-order valence-electron chi connectivity index (χ1n) is 9.75. The second-order valence-corrected chi connectivity index (χ2v) is 9.54. The van der Waals surface area contributed by atoms with E-state index in [1.165, 1.54) is 29.0 Å². The second kappa shape index (κ2) is 8.71. The number of anilines is 2. The summed E-state index contributed by atoms with van der Waals surface area (Å²) in [5, 5.41) is 2.82. The van der Waals surface area contributed by atoms with Crippen LogP contribution >= 0.6 is 0 Å². The summed E-state index contributed by atoms with van der Waals surface area (Å²) in [6.45, 7) is 6.15. The van der Waals surface area contributed by atoms with Gasteiger partial charge in [0.25, 0.3) is 15.9 Å². The lowest BCUT2D eigenvalue weighted by Crippen LogP contribution is -2.26. The molecule has 0 aliphatic heterocycles. The lowest BCUT2D eigenvalue weighted by molar-refractivity contribution is 0.102. The molecule has 0 unspecified atom stereocenters. The molecule has 0 atom stereocenters. The van der Waals surface area contributed by atoms with Crippen molar-refractivity contribution in [2.45, 2.75) is 31.6 Å². The monoisotopic (exact) mass is 422 g/mol. The number of hydrogen-bond donors (Lipinski definition) is 1. The van der Waals surface area contributed by atoms with Gasteiger partial charge in [-0.2, -0.15) is 0 Å². The largest absolute Gasteiger partial charge is 0.322 e. The minimum atomic E-state index is -3.80. The van der Waals surface area contributed by atoms with Crippen LogP contribution in [-0.4, -0.2) is 21.4 Å². The number of carbonyl (C=O) groups is 1. The van der Waals surface area contributed by atoms with Gasteiger partial charge in [-0.3, -0.25) is 9.10 Å². The van der Waals surface area contributed by atoms with Crippen LogP contribution in [0.15, 0.2) is 77.7 Å². The minimum Gasteiger partial charge on any atom is -0.322 e. The number of amides is 1. The van der Waals surface area contributed by atoms with Crippen LogP contribution in [0.1, 0.15) is 41.3 Å². The quantitative estimate of drug-likeness (QED) is 0.594. The van der Waals surface area contributed by atoms with Gasteiger partial charge in [-0.1, -0.05) is 49.7 Å². The molecule has 5 nitrogen and oxygen atoms in total. The van der Waals surface area contributed by atoms with Crippen LogP contribution in [0, 0.1) is 6.92 Å². The zero-order valence-corrected chi connectivity index (χ0v) is 18.4. The number of sulfonamides is 1. The maximum Gasteiger partial charge on any atom is 0.264 e. The number of carbonyl (C=O) groups excluding carboxylic acids is 1. The van der Waals surface area contributed by atoms with E-state index in [9.17, 15) is 13.2 Å². The van der Waals surface area contributed by atoms with Crippen molar-refractivity contribution in [2.75, 3.05) is 16.7 Å². The fourth-order valence-electron chi connectivity index (χ4n) is 3.00. The van der Waals surface area contributed by atoms with E-state index in [2.05, 4.69) is 19.2 Å². The Morgan fingerprint density at radius 2 is 1.57 bits per heavy atom. The van der Waals surface area contributed by atoms with Gasteiger partial charge in [0, 0.05) is 18.3 Å². The van der Waals surface area contributed by atoms with Crippen LogP contribution in [0.25, 0.3) is 0 Å². The van der Waals surface area contributed by atoms with E-state index >= 15 is 0 Å². The topological polar surface area (TPSA) is 66.5 Å². The van der Waals surface area contributed by atoms with Gasteiger partial charge in [0.05, 0.1) is 10.6 Å². The molecule has 1 amide bonds. The Morgan fingerprint density at radius 3 is 2.17 bits per heavy atom. The predicted molar refractivity (Wildman–Crippen MR) is 122 cm³/mol. The highest BCUT2D eigenvalue weighted by Gasteiger charge is 2.22. The van der Waals surface area contributed by atoms with E-state index < -0.39 is 10.0 Å². The average molecular weight is 423 g/mol. The van der Waals surface area contributed by atoms with Gasteiger partial charge in [0.15, 0.2) is 0 Å². The highest BCUT2D eigenvalue weighted by Crippen LogP contribution is 2.23. The second-order valence-electron chi connectivity index (χ2n) is 7.57. The molecular weight excluding hydrogens is 396 g/mol. The Morgan fingerprint density at radius 1 is 0.933 bits per heavy atom. The molecule has 0 saturated carbocycles. The highest BCUT2D eigenvalue weighted by molar-refractivity contribution is 7.92. The third-order valence-electron chi connectivity index (χ3n) is 4.99. The molecule has 3 aromatic rings. The molecule has 0 radical (unpaired) electrons. The summed E-state index contributed by atoms with van der Waals surface area (Å²) in [6.07, 6.45) is 0. The molecule has 30 heavy (non-hydrogen) atoms. The SMILES string of the molecule is Cc1ccc(N(C)S(=O)(=O)c2cccc(C(=O)Nc3ccc(C(C)C)cc3)c2)cc1. The third kappa shape index (κ3) is 4.71. The molecule has 0 saturated heterocycles. The van der Waals surface area contributed by atoms with Gasteiger partial charge < -0.3 is 5.32 Å². The Labute approximate surface area is 178 Å². The molecule has 0 spiro atoms.